The molecule has 7 heteroatoms. The quantitative estimate of drug-likeness (QED) is 0.760. The fraction of sp³-hybridized carbons (Fsp3) is 0.143. The van der Waals surface area contributed by atoms with Crippen molar-refractivity contribution < 1.29 is 0 Å². The minimum Gasteiger partial charge on any atom is -0.229 e. The van der Waals surface area contributed by atoms with E-state index in [2.05, 4.69) is 20.2 Å². The molecule has 0 aliphatic rings. The monoisotopic (exact) mass is 244 g/mol. The first kappa shape index (κ1) is 9.82. The summed E-state index contributed by atoms with van der Waals surface area (Å²) >= 11 is 8.68. The minimum absolute atomic E-state index is 0.434. The number of aromatic nitrogens is 4. The normalized spacial score (nSPS) is 10.4. The fourth-order valence-corrected chi connectivity index (χ4v) is 2.73. The van der Waals surface area contributed by atoms with Crippen molar-refractivity contribution in [3.05, 3.63) is 22.6 Å². The smallest absolute Gasteiger partial charge is 0.180 e. The van der Waals surface area contributed by atoms with E-state index in [1.165, 1.54) is 29.4 Å². The van der Waals surface area contributed by atoms with Crippen LogP contribution in [0.3, 0.4) is 0 Å². The van der Waals surface area contributed by atoms with Crippen molar-refractivity contribution in [2.45, 2.75) is 16.3 Å². The third kappa shape index (κ3) is 2.40. The van der Waals surface area contributed by atoms with Gasteiger partial charge in [0, 0.05) is 6.07 Å². The molecule has 0 radical (unpaired) electrons. The van der Waals surface area contributed by atoms with Crippen molar-refractivity contribution in [3.8, 4) is 0 Å². The number of hydrogen-bond donors (Lipinski definition) is 0. The lowest BCUT2D eigenvalue weighted by atomic mass is 10.7. The summed E-state index contributed by atoms with van der Waals surface area (Å²) in [5.41, 5.74) is 0. The number of nitrogens with zero attached hydrogens (tertiary/aromatic N) is 4. The maximum atomic E-state index is 5.72. The van der Waals surface area contributed by atoms with Gasteiger partial charge in [-0.2, -0.15) is 0 Å². The second-order valence-electron chi connectivity index (χ2n) is 2.37. The van der Waals surface area contributed by atoms with Gasteiger partial charge in [-0.05, 0) is 18.7 Å². The van der Waals surface area contributed by atoms with Gasteiger partial charge in [-0.15, -0.1) is 10.2 Å². The van der Waals surface area contributed by atoms with Crippen LogP contribution < -0.4 is 0 Å². The molecule has 0 aliphatic carbocycles. The number of aryl methyl sites for hydroxylation is 1. The van der Waals surface area contributed by atoms with Gasteiger partial charge in [-0.25, -0.2) is 9.97 Å². The summed E-state index contributed by atoms with van der Waals surface area (Å²) in [5, 5.41) is 10.0. The number of halogens is 1. The Kier molecular flexibility index (Phi) is 2.95. The maximum Gasteiger partial charge on any atom is 0.180 e. The van der Waals surface area contributed by atoms with Gasteiger partial charge in [0.2, 0.25) is 0 Å². The van der Waals surface area contributed by atoms with Crippen molar-refractivity contribution in [3.63, 3.8) is 0 Å². The fourth-order valence-electron chi connectivity index (χ4n) is 0.782. The second kappa shape index (κ2) is 4.20. The average molecular weight is 245 g/mol. The van der Waals surface area contributed by atoms with Crippen LogP contribution in [0, 0.1) is 6.92 Å². The van der Waals surface area contributed by atoms with Crippen LogP contribution in [-0.2, 0) is 0 Å². The van der Waals surface area contributed by atoms with Gasteiger partial charge in [0.05, 0.1) is 0 Å². The maximum absolute atomic E-state index is 5.72. The van der Waals surface area contributed by atoms with E-state index >= 15 is 0 Å². The first-order chi connectivity index (χ1) is 6.74. The summed E-state index contributed by atoms with van der Waals surface area (Å²) in [6, 6.07) is 1.70. The lowest BCUT2D eigenvalue weighted by Crippen LogP contribution is -1.82. The van der Waals surface area contributed by atoms with E-state index in [0.29, 0.717) is 5.15 Å². The molecule has 0 saturated heterocycles. The Balaban J connectivity index is 2.18. The first-order valence-electron chi connectivity index (χ1n) is 3.69. The molecule has 0 saturated carbocycles. The summed E-state index contributed by atoms with van der Waals surface area (Å²) < 4.78 is 0.859. The SMILES string of the molecule is Cc1nnc(Sc2cc(Cl)ncn2)s1. The van der Waals surface area contributed by atoms with E-state index in [0.717, 1.165) is 14.4 Å². The largest absolute Gasteiger partial charge is 0.229 e. The molecule has 0 unspecified atom stereocenters. The molecule has 4 nitrogen and oxygen atoms in total. The Labute approximate surface area is 93.8 Å². The van der Waals surface area contributed by atoms with Crippen LogP contribution in [0.1, 0.15) is 5.01 Å². The molecule has 0 aromatic carbocycles. The highest BCUT2D eigenvalue weighted by atomic mass is 35.5. The van der Waals surface area contributed by atoms with Crippen molar-refractivity contribution in [2.24, 2.45) is 0 Å². The van der Waals surface area contributed by atoms with Crippen molar-refractivity contribution in [2.75, 3.05) is 0 Å². The molecule has 0 aliphatic heterocycles. The lowest BCUT2D eigenvalue weighted by molar-refractivity contribution is 0.977. The molecule has 2 heterocycles. The molecule has 0 spiro atoms. The molecule has 2 rings (SSSR count). The summed E-state index contributed by atoms with van der Waals surface area (Å²) in [7, 11) is 0. The van der Waals surface area contributed by atoms with Gasteiger partial charge in [0.1, 0.15) is 21.5 Å². The van der Waals surface area contributed by atoms with Crippen molar-refractivity contribution in [1.82, 2.24) is 20.2 Å². The molecule has 0 amide bonds. The van der Waals surface area contributed by atoms with Crippen LogP contribution in [0.15, 0.2) is 21.8 Å². The Morgan fingerprint density at radius 3 is 2.86 bits per heavy atom. The zero-order valence-corrected chi connectivity index (χ0v) is 9.53. The summed E-state index contributed by atoms with van der Waals surface area (Å²) in [4.78, 5) is 7.85. The van der Waals surface area contributed by atoms with E-state index in [9.17, 15) is 0 Å². The van der Waals surface area contributed by atoms with Crippen molar-refractivity contribution >= 4 is 34.7 Å². The van der Waals surface area contributed by atoms with Crippen LogP contribution in [0.2, 0.25) is 5.15 Å². The molecule has 72 valence electrons. The van der Waals surface area contributed by atoms with E-state index in [1.807, 2.05) is 6.92 Å². The van der Waals surface area contributed by atoms with Gasteiger partial charge < -0.3 is 0 Å². The zero-order valence-electron chi connectivity index (χ0n) is 7.14. The first-order valence-corrected chi connectivity index (χ1v) is 5.70. The van der Waals surface area contributed by atoms with Crippen LogP contribution in [0.4, 0.5) is 0 Å². The third-order valence-electron chi connectivity index (χ3n) is 1.31. The molecular weight excluding hydrogens is 240 g/mol. The summed E-state index contributed by atoms with van der Waals surface area (Å²) in [6.07, 6.45) is 1.43. The highest BCUT2D eigenvalue weighted by molar-refractivity contribution is 8.01. The van der Waals surface area contributed by atoms with Gasteiger partial charge >= 0.3 is 0 Å². The predicted molar refractivity (Wildman–Crippen MR) is 55.8 cm³/mol. The molecular formula is C7H5ClN4S2. The predicted octanol–water partition coefficient (Wildman–Crippen LogP) is 2.44. The molecule has 0 fully saturated rings. The van der Waals surface area contributed by atoms with Crippen molar-refractivity contribution in [1.29, 1.82) is 0 Å². The van der Waals surface area contributed by atoms with E-state index in [1.54, 1.807) is 6.07 Å². The lowest BCUT2D eigenvalue weighted by Gasteiger charge is -1.94. The molecule has 0 bridgehead atoms. The van der Waals surface area contributed by atoms with Crippen LogP contribution in [0.5, 0.6) is 0 Å². The Morgan fingerprint density at radius 2 is 2.21 bits per heavy atom. The number of rotatable bonds is 2. The molecule has 0 N–H and O–H groups in total. The van der Waals surface area contributed by atoms with Gasteiger partial charge in [-0.3, -0.25) is 0 Å². The Bertz CT molecular complexity index is 445. The zero-order chi connectivity index (χ0) is 9.97. The molecule has 2 aromatic rings. The second-order valence-corrected chi connectivity index (χ2v) is 5.20. The average Bonchev–Trinajstić information content (AvgIpc) is 2.51. The number of hydrogen-bond acceptors (Lipinski definition) is 6. The Hall–Kier alpha value is -0.720. The molecule has 14 heavy (non-hydrogen) atoms. The highest BCUT2D eigenvalue weighted by Crippen LogP contribution is 2.28. The highest BCUT2D eigenvalue weighted by Gasteiger charge is 2.04. The minimum atomic E-state index is 0.434. The topological polar surface area (TPSA) is 51.6 Å². The Morgan fingerprint density at radius 1 is 1.36 bits per heavy atom. The van der Waals surface area contributed by atoms with E-state index < -0.39 is 0 Å². The van der Waals surface area contributed by atoms with Gasteiger partial charge in [0.15, 0.2) is 4.34 Å². The molecule has 0 atom stereocenters. The van der Waals surface area contributed by atoms with Crippen LogP contribution in [0.25, 0.3) is 0 Å². The van der Waals surface area contributed by atoms with Gasteiger partial charge in [0.25, 0.3) is 0 Å². The standard InChI is InChI=1S/C7H5ClN4S2/c1-4-11-12-7(13-4)14-6-2-5(8)9-3-10-6/h2-3H,1H3. The summed E-state index contributed by atoms with van der Waals surface area (Å²) in [6.45, 7) is 1.91. The summed E-state index contributed by atoms with van der Waals surface area (Å²) in [5.74, 6) is 0. The molecule has 2 aromatic heterocycles. The van der Waals surface area contributed by atoms with Gasteiger partial charge in [-0.1, -0.05) is 22.9 Å². The third-order valence-corrected chi connectivity index (χ3v) is 3.34. The van der Waals surface area contributed by atoms with Crippen LogP contribution >= 0.6 is 34.7 Å². The van der Waals surface area contributed by atoms with Crippen LogP contribution in [-0.4, -0.2) is 20.2 Å². The van der Waals surface area contributed by atoms with E-state index in [4.69, 9.17) is 11.6 Å². The van der Waals surface area contributed by atoms with E-state index in [-0.39, 0.29) is 0 Å².